The maximum Gasteiger partial charge on any atom is 0.197 e. The molecule has 0 saturated heterocycles. The fourth-order valence-electron chi connectivity index (χ4n) is 2.36. The number of benzene rings is 1. The van der Waals surface area contributed by atoms with Gasteiger partial charge in [-0.3, -0.25) is 0 Å². The highest BCUT2D eigenvalue weighted by molar-refractivity contribution is 7.99. The second kappa shape index (κ2) is 6.14. The summed E-state index contributed by atoms with van der Waals surface area (Å²) in [6, 6.07) is 8.21. The number of halogens is 2. The summed E-state index contributed by atoms with van der Waals surface area (Å²) in [7, 11) is 1.80. The van der Waals surface area contributed by atoms with Crippen LogP contribution in [-0.4, -0.2) is 24.7 Å². The minimum absolute atomic E-state index is 0.328. The molecule has 0 atom stereocenters. The fourth-order valence-corrected chi connectivity index (χ4v) is 3.42. The number of aromatic nitrogens is 5. The van der Waals surface area contributed by atoms with E-state index in [-0.39, 0.29) is 5.82 Å². The average Bonchev–Trinajstić information content (AvgIpc) is 3.34. The third-order valence-electron chi connectivity index (χ3n) is 3.78. The molecule has 24 heavy (non-hydrogen) atoms. The van der Waals surface area contributed by atoms with Crippen LogP contribution >= 0.6 is 23.4 Å². The minimum atomic E-state index is -0.328. The topological polar surface area (TPSA) is 56.5 Å². The van der Waals surface area contributed by atoms with Crippen molar-refractivity contribution >= 4 is 23.4 Å². The molecule has 1 aromatic carbocycles. The van der Waals surface area contributed by atoms with Gasteiger partial charge in [0.15, 0.2) is 11.0 Å². The van der Waals surface area contributed by atoms with Crippen LogP contribution in [0, 0.1) is 5.82 Å². The normalized spacial score (nSPS) is 14.1. The van der Waals surface area contributed by atoms with Crippen LogP contribution in [0.3, 0.4) is 0 Å². The average molecular weight is 362 g/mol. The fraction of sp³-hybridized carbons (Fsp3) is 0.250. The van der Waals surface area contributed by atoms with Gasteiger partial charge >= 0.3 is 0 Å². The van der Waals surface area contributed by atoms with Crippen LogP contribution in [0.4, 0.5) is 4.39 Å². The van der Waals surface area contributed by atoms with Gasteiger partial charge in [-0.2, -0.15) is 0 Å². The van der Waals surface area contributed by atoms with Crippen molar-refractivity contribution in [1.29, 1.82) is 0 Å². The van der Waals surface area contributed by atoms with Gasteiger partial charge in [0.1, 0.15) is 21.8 Å². The van der Waals surface area contributed by atoms with E-state index in [1.807, 2.05) is 0 Å². The third-order valence-corrected chi connectivity index (χ3v) is 4.93. The molecule has 2 aromatic heterocycles. The standard InChI is InChI=1S/C16H13ClFN5S/c1-23-15(10-4-2-3-5-11(10)18)21-22-16(23)24-13-8-12(17)19-14(20-13)9-6-7-9/h2-5,8-9H,6-7H2,1H3. The predicted molar refractivity (Wildman–Crippen MR) is 89.5 cm³/mol. The summed E-state index contributed by atoms with van der Waals surface area (Å²) in [5, 5.41) is 10.0. The maximum absolute atomic E-state index is 14.0. The van der Waals surface area contributed by atoms with E-state index in [0.29, 0.717) is 32.6 Å². The van der Waals surface area contributed by atoms with Crippen molar-refractivity contribution in [3.8, 4) is 11.4 Å². The largest absolute Gasteiger partial charge is 0.305 e. The highest BCUT2D eigenvalue weighted by atomic mass is 35.5. The quantitative estimate of drug-likeness (QED) is 0.655. The molecule has 0 radical (unpaired) electrons. The van der Waals surface area contributed by atoms with Crippen molar-refractivity contribution in [1.82, 2.24) is 24.7 Å². The van der Waals surface area contributed by atoms with Gasteiger partial charge in [-0.15, -0.1) is 10.2 Å². The van der Waals surface area contributed by atoms with Gasteiger partial charge in [-0.1, -0.05) is 23.7 Å². The van der Waals surface area contributed by atoms with E-state index in [4.69, 9.17) is 11.6 Å². The molecule has 1 saturated carbocycles. The van der Waals surface area contributed by atoms with Crippen molar-refractivity contribution in [2.24, 2.45) is 7.05 Å². The molecular weight excluding hydrogens is 349 g/mol. The van der Waals surface area contributed by atoms with Crippen molar-refractivity contribution in [2.45, 2.75) is 28.9 Å². The van der Waals surface area contributed by atoms with Gasteiger partial charge in [-0.25, -0.2) is 14.4 Å². The minimum Gasteiger partial charge on any atom is -0.305 e. The van der Waals surface area contributed by atoms with Crippen molar-refractivity contribution in [3.63, 3.8) is 0 Å². The summed E-state index contributed by atoms with van der Waals surface area (Å²) < 4.78 is 15.7. The maximum atomic E-state index is 14.0. The Morgan fingerprint density at radius 2 is 2.00 bits per heavy atom. The Labute approximate surface area is 147 Å². The lowest BCUT2D eigenvalue weighted by atomic mass is 10.2. The lowest BCUT2D eigenvalue weighted by molar-refractivity contribution is 0.628. The van der Waals surface area contributed by atoms with Crippen LogP contribution in [0.2, 0.25) is 5.15 Å². The van der Waals surface area contributed by atoms with Crippen LogP contribution in [0.25, 0.3) is 11.4 Å². The molecule has 0 spiro atoms. The molecule has 0 bridgehead atoms. The van der Waals surface area contributed by atoms with E-state index in [2.05, 4.69) is 20.2 Å². The number of hydrogen-bond donors (Lipinski definition) is 0. The van der Waals surface area contributed by atoms with E-state index in [0.717, 1.165) is 18.7 Å². The SMILES string of the molecule is Cn1c(Sc2cc(Cl)nc(C3CC3)n2)nnc1-c1ccccc1F. The van der Waals surface area contributed by atoms with E-state index in [9.17, 15) is 4.39 Å². The summed E-state index contributed by atoms with van der Waals surface area (Å²) in [6.07, 6.45) is 2.21. The van der Waals surface area contributed by atoms with Crippen molar-refractivity contribution < 1.29 is 4.39 Å². The zero-order valence-corrected chi connectivity index (χ0v) is 14.4. The predicted octanol–water partition coefficient (Wildman–Crippen LogP) is 4.09. The van der Waals surface area contributed by atoms with Crippen LogP contribution in [0.5, 0.6) is 0 Å². The Morgan fingerprint density at radius 3 is 2.75 bits per heavy atom. The first kappa shape index (κ1) is 15.5. The molecule has 0 N–H and O–H groups in total. The first-order valence-electron chi connectivity index (χ1n) is 7.48. The zero-order chi connectivity index (χ0) is 16.7. The number of rotatable bonds is 4. The van der Waals surface area contributed by atoms with E-state index >= 15 is 0 Å². The first-order chi connectivity index (χ1) is 11.6. The van der Waals surface area contributed by atoms with Gasteiger partial charge < -0.3 is 4.57 Å². The van der Waals surface area contributed by atoms with Crippen LogP contribution in [0.1, 0.15) is 24.6 Å². The number of hydrogen-bond acceptors (Lipinski definition) is 5. The highest BCUT2D eigenvalue weighted by Gasteiger charge is 2.27. The molecule has 2 heterocycles. The van der Waals surface area contributed by atoms with Crippen molar-refractivity contribution in [2.75, 3.05) is 0 Å². The van der Waals surface area contributed by atoms with Gasteiger partial charge in [0.05, 0.1) is 5.56 Å². The molecule has 1 fully saturated rings. The molecule has 122 valence electrons. The van der Waals surface area contributed by atoms with Gasteiger partial charge in [0, 0.05) is 19.0 Å². The molecule has 0 amide bonds. The van der Waals surface area contributed by atoms with Gasteiger partial charge in [0.2, 0.25) is 0 Å². The molecule has 5 nitrogen and oxygen atoms in total. The Morgan fingerprint density at radius 1 is 1.21 bits per heavy atom. The Bertz CT molecular complexity index is 909. The molecule has 1 aliphatic rings. The lowest BCUT2D eigenvalue weighted by Crippen LogP contribution is -1.98. The summed E-state index contributed by atoms with van der Waals surface area (Å²) in [5.41, 5.74) is 0.415. The Hall–Kier alpha value is -1.99. The summed E-state index contributed by atoms with van der Waals surface area (Å²) in [5.74, 6) is 1.34. The summed E-state index contributed by atoms with van der Waals surface area (Å²) >= 11 is 7.43. The van der Waals surface area contributed by atoms with E-state index in [1.54, 1.807) is 35.9 Å². The molecule has 1 aliphatic carbocycles. The second-order valence-corrected chi connectivity index (χ2v) is 6.98. The smallest absolute Gasteiger partial charge is 0.197 e. The molecule has 4 rings (SSSR count). The molecule has 0 unspecified atom stereocenters. The van der Waals surface area contributed by atoms with Crippen molar-refractivity contribution in [3.05, 3.63) is 47.1 Å². The van der Waals surface area contributed by atoms with Gasteiger partial charge in [0.25, 0.3) is 0 Å². The highest BCUT2D eigenvalue weighted by Crippen LogP contribution is 2.39. The van der Waals surface area contributed by atoms with Crippen LogP contribution in [0.15, 0.2) is 40.5 Å². The van der Waals surface area contributed by atoms with Crippen LogP contribution in [-0.2, 0) is 7.05 Å². The third kappa shape index (κ3) is 3.01. The van der Waals surface area contributed by atoms with E-state index < -0.39 is 0 Å². The Kier molecular flexibility index (Phi) is 3.97. The monoisotopic (exact) mass is 361 g/mol. The van der Waals surface area contributed by atoms with E-state index in [1.165, 1.54) is 17.8 Å². The molecular formula is C16H13ClFN5S. The van der Waals surface area contributed by atoms with Crippen LogP contribution < -0.4 is 0 Å². The lowest BCUT2D eigenvalue weighted by Gasteiger charge is -2.05. The molecule has 3 aromatic rings. The molecule has 0 aliphatic heterocycles. The zero-order valence-electron chi connectivity index (χ0n) is 12.8. The van der Waals surface area contributed by atoms with Gasteiger partial charge in [-0.05, 0) is 36.7 Å². The Balaban J connectivity index is 1.66. The summed E-state index contributed by atoms with van der Waals surface area (Å²) in [6.45, 7) is 0. The first-order valence-corrected chi connectivity index (χ1v) is 8.68. The number of nitrogens with zero attached hydrogens (tertiary/aromatic N) is 5. The molecule has 8 heteroatoms. The summed E-state index contributed by atoms with van der Waals surface area (Å²) in [4.78, 5) is 8.82. The second-order valence-electron chi connectivity index (χ2n) is 5.61.